The summed E-state index contributed by atoms with van der Waals surface area (Å²) in [6, 6.07) is 2.66. The molecule has 1 atom stereocenters. The van der Waals surface area contributed by atoms with Crippen LogP contribution < -0.4 is 10.5 Å². The molecular weight excluding hydrogens is 262 g/mol. The Morgan fingerprint density at radius 1 is 1.29 bits per heavy atom. The van der Waals surface area contributed by atoms with Crippen molar-refractivity contribution >= 4 is 5.69 Å². The van der Waals surface area contributed by atoms with Crippen molar-refractivity contribution in [3.63, 3.8) is 0 Å². The SMILES string of the molecule is Cc1cc(=O)n(C(C)CC(C)C)cc1N1CC(N(C)C)C1. The van der Waals surface area contributed by atoms with Gasteiger partial charge in [-0.1, -0.05) is 13.8 Å². The quantitative estimate of drug-likeness (QED) is 0.834. The number of anilines is 1. The van der Waals surface area contributed by atoms with Crippen LogP contribution in [0, 0.1) is 12.8 Å². The van der Waals surface area contributed by atoms with Gasteiger partial charge in [-0.15, -0.1) is 0 Å². The van der Waals surface area contributed by atoms with Gasteiger partial charge in [0, 0.05) is 37.4 Å². The number of hydrogen-bond acceptors (Lipinski definition) is 3. The molecule has 0 aliphatic carbocycles. The topological polar surface area (TPSA) is 28.5 Å². The fourth-order valence-electron chi connectivity index (χ4n) is 3.08. The summed E-state index contributed by atoms with van der Waals surface area (Å²) in [4.78, 5) is 16.9. The zero-order valence-corrected chi connectivity index (χ0v) is 14.3. The minimum atomic E-state index is 0.120. The first-order chi connectivity index (χ1) is 9.79. The second kappa shape index (κ2) is 6.22. The second-order valence-electron chi connectivity index (χ2n) is 7.09. The minimum absolute atomic E-state index is 0.120. The Hall–Kier alpha value is -1.29. The van der Waals surface area contributed by atoms with E-state index in [1.54, 1.807) is 6.07 Å². The van der Waals surface area contributed by atoms with Crippen molar-refractivity contribution in [3.05, 3.63) is 28.2 Å². The summed E-state index contributed by atoms with van der Waals surface area (Å²) in [5.74, 6) is 0.596. The van der Waals surface area contributed by atoms with E-state index in [2.05, 4.69) is 50.9 Å². The average molecular weight is 291 g/mol. The summed E-state index contributed by atoms with van der Waals surface area (Å²) >= 11 is 0. The van der Waals surface area contributed by atoms with Crippen LogP contribution in [0.4, 0.5) is 5.69 Å². The van der Waals surface area contributed by atoms with Crippen LogP contribution in [0.3, 0.4) is 0 Å². The molecule has 2 rings (SSSR count). The van der Waals surface area contributed by atoms with E-state index < -0.39 is 0 Å². The third-order valence-corrected chi connectivity index (χ3v) is 4.48. The maximum Gasteiger partial charge on any atom is 0.251 e. The fourth-order valence-corrected chi connectivity index (χ4v) is 3.08. The fraction of sp³-hybridized carbons (Fsp3) is 0.706. The summed E-state index contributed by atoms with van der Waals surface area (Å²) in [5, 5.41) is 0. The first kappa shape index (κ1) is 16.1. The van der Waals surface area contributed by atoms with Gasteiger partial charge in [-0.25, -0.2) is 0 Å². The zero-order valence-electron chi connectivity index (χ0n) is 14.3. The first-order valence-corrected chi connectivity index (χ1v) is 7.93. The Bertz CT molecular complexity index is 541. The van der Waals surface area contributed by atoms with Crippen molar-refractivity contribution in [2.24, 2.45) is 5.92 Å². The molecule has 1 aliphatic heterocycles. The highest BCUT2D eigenvalue weighted by atomic mass is 16.1. The third-order valence-electron chi connectivity index (χ3n) is 4.48. The van der Waals surface area contributed by atoms with Crippen LogP contribution >= 0.6 is 0 Å². The molecule has 1 unspecified atom stereocenters. The number of nitrogens with zero attached hydrogens (tertiary/aromatic N) is 3. The highest BCUT2D eigenvalue weighted by molar-refractivity contribution is 5.54. The molecule has 2 heterocycles. The summed E-state index contributed by atoms with van der Waals surface area (Å²) in [6.07, 6.45) is 3.10. The molecular formula is C17H29N3O. The van der Waals surface area contributed by atoms with Crippen molar-refractivity contribution in [1.82, 2.24) is 9.47 Å². The van der Waals surface area contributed by atoms with E-state index in [9.17, 15) is 4.79 Å². The van der Waals surface area contributed by atoms with Gasteiger partial charge < -0.3 is 14.4 Å². The highest BCUT2D eigenvalue weighted by Gasteiger charge is 2.29. The molecule has 118 valence electrons. The van der Waals surface area contributed by atoms with Gasteiger partial charge in [0.1, 0.15) is 0 Å². The number of aromatic nitrogens is 1. The van der Waals surface area contributed by atoms with Gasteiger partial charge in [-0.05, 0) is 45.8 Å². The largest absolute Gasteiger partial charge is 0.367 e. The van der Waals surface area contributed by atoms with Gasteiger partial charge in [-0.2, -0.15) is 0 Å². The normalized spacial score (nSPS) is 17.4. The Labute approximate surface area is 128 Å². The van der Waals surface area contributed by atoms with Crippen molar-refractivity contribution in [1.29, 1.82) is 0 Å². The standard InChI is InChI=1S/C17H29N3O/c1-12(2)7-14(4)20-11-16(13(3)8-17(20)21)19-9-15(10-19)18(5)6/h8,11-12,14-15H,7,9-10H2,1-6H3. The van der Waals surface area contributed by atoms with Crippen molar-refractivity contribution in [3.8, 4) is 0 Å². The Morgan fingerprint density at radius 2 is 1.90 bits per heavy atom. The molecule has 0 saturated carbocycles. The predicted octanol–water partition coefficient (Wildman–Crippen LogP) is 2.51. The lowest BCUT2D eigenvalue weighted by Gasteiger charge is -2.45. The van der Waals surface area contributed by atoms with E-state index in [1.165, 1.54) is 5.69 Å². The third kappa shape index (κ3) is 3.49. The van der Waals surface area contributed by atoms with E-state index in [0.717, 1.165) is 25.1 Å². The Kier molecular flexibility index (Phi) is 4.77. The van der Waals surface area contributed by atoms with Crippen LogP contribution in [0.5, 0.6) is 0 Å². The number of hydrogen-bond donors (Lipinski definition) is 0. The van der Waals surface area contributed by atoms with Crippen molar-refractivity contribution in [2.75, 3.05) is 32.1 Å². The molecule has 1 saturated heterocycles. The van der Waals surface area contributed by atoms with Crippen LogP contribution in [0.2, 0.25) is 0 Å². The molecule has 1 aromatic rings. The van der Waals surface area contributed by atoms with E-state index in [4.69, 9.17) is 0 Å². The van der Waals surface area contributed by atoms with Gasteiger partial charge in [0.2, 0.25) is 0 Å². The smallest absolute Gasteiger partial charge is 0.251 e. The molecule has 4 nitrogen and oxygen atoms in total. The zero-order chi connectivity index (χ0) is 15.7. The van der Waals surface area contributed by atoms with E-state index in [-0.39, 0.29) is 11.6 Å². The monoisotopic (exact) mass is 291 g/mol. The summed E-state index contributed by atoms with van der Waals surface area (Å²) in [7, 11) is 4.25. The second-order valence-corrected chi connectivity index (χ2v) is 7.09. The van der Waals surface area contributed by atoms with E-state index in [0.29, 0.717) is 12.0 Å². The molecule has 0 bridgehead atoms. The predicted molar refractivity (Wildman–Crippen MR) is 89.3 cm³/mol. The molecule has 1 aromatic heterocycles. The first-order valence-electron chi connectivity index (χ1n) is 7.93. The van der Waals surface area contributed by atoms with Gasteiger partial charge in [-0.3, -0.25) is 4.79 Å². The molecule has 0 radical (unpaired) electrons. The van der Waals surface area contributed by atoms with Crippen molar-refractivity contribution in [2.45, 2.75) is 46.2 Å². The van der Waals surface area contributed by atoms with Crippen LogP contribution in [0.1, 0.15) is 38.8 Å². The van der Waals surface area contributed by atoms with Gasteiger partial charge >= 0.3 is 0 Å². The van der Waals surface area contributed by atoms with Crippen LogP contribution in [-0.4, -0.2) is 42.7 Å². The van der Waals surface area contributed by atoms with Crippen LogP contribution in [0.25, 0.3) is 0 Å². The molecule has 0 aromatic carbocycles. The maximum atomic E-state index is 12.3. The van der Waals surface area contributed by atoms with Crippen molar-refractivity contribution < 1.29 is 0 Å². The van der Waals surface area contributed by atoms with E-state index in [1.807, 2.05) is 11.5 Å². The molecule has 0 spiro atoms. The van der Waals surface area contributed by atoms with Gasteiger partial charge in [0.15, 0.2) is 0 Å². The molecule has 21 heavy (non-hydrogen) atoms. The van der Waals surface area contributed by atoms with Crippen LogP contribution in [-0.2, 0) is 0 Å². The van der Waals surface area contributed by atoms with E-state index >= 15 is 0 Å². The Morgan fingerprint density at radius 3 is 2.43 bits per heavy atom. The van der Waals surface area contributed by atoms with Gasteiger partial charge in [0.05, 0.1) is 5.69 Å². The summed E-state index contributed by atoms with van der Waals surface area (Å²) < 4.78 is 1.91. The van der Waals surface area contributed by atoms with Gasteiger partial charge in [0.25, 0.3) is 5.56 Å². The number of aryl methyl sites for hydroxylation is 1. The highest BCUT2D eigenvalue weighted by Crippen LogP contribution is 2.26. The minimum Gasteiger partial charge on any atom is -0.367 e. The number of pyridine rings is 1. The lowest BCUT2D eigenvalue weighted by atomic mass is 10.0. The summed E-state index contributed by atoms with van der Waals surface area (Å²) in [5.41, 5.74) is 2.42. The average Bonchev–Trinajstić information content (AvgIpc) is 2.28. The maximum absolute atomic E-state index is 12.3. The molecule has 1 aliphatic rings. The Balaban J connectivity index is 2.22. The molecule has 0 amide bonds. The molecule has 1 fully saturated rings. The number of rotatable bonds is 5. The van der Waals surface area contributed by atoms with Crippen LogP contribution in [0.15, 0.2) is 17.1 Å². The molecule has 4 heteroatoms. The summed E-state index contributed by atoms with van der Waals surface area (Å²) in [6.45, 7) is 10.7. The lowest BCUT2D eigenvalue weighted by molar-refractivity contribution is 0.246. The lowest BCUT2D eigenvalue weighted by Crippen LogP contribution is -2.57. The number of likely N-dealkylation sites (N-methyl/N-ethyl adjacent to an activating group) is 1. The molecule has 0 N–H and O–H groups in total.